The molecule has 0 spiro atoms. The smallest absolute Gasteiger partial charge is 0.229 e. The molecule has 2 heterocycles. The van der Waals surface area contributed by atoms with Crippen molar-refractivity contribution in [3.8, 4) is 5.75 Å². The maximum absolute atomic E-state index is 5.54. The van der Waals surface area contributed by atoms with E-state index in [-0.39, 0.29) is 12.5 Å². The maximum Gasteiger partial charge on any atom is 0.229 e. The van der Waals surface area contributed by atoms with E-state index in [2.05, 4.69) is 15.1 Å². The molecule has 0 saturated heterocycles. The number of pyridine rings is 1. The minimum Gasteiger partial charge on any atom is -0.484 e. The summed E-state index contributed by atoms with van der Waals surface area (Å²) in [5, 5.41) is 3.85. The summed E-state index contributed by atoms with van der Waals surface area (Å²) in [6, 6.07) is 3.76. The van der Waals surface area contributed by atoms with Crippen molar-refractivity contribution in [2.24, 2.45) is 5.73 Å². The molecule has 0 saturated carbocycles. The predicted molar refractivity (Wildman–Crippen MR) is 69.7 cm³/mol. The summed E-state index contributed by atoms with van der Waals surface area (Å²) in [5.41, 5.74) is 6.42. The van der Waals surface area contributed by atoms with Crippen molar-refractivity contribution in [3.05, 3.63) is 35.7 Å². The van der Waals surface area contributed by atoms with Gasteiger partial charge in [-0.2, -0.15) is 4.98 Å². The first kappa shape index (κ1) is 13.5. The van der Waals surface area contributed by atoms with Crippen LogP contribution in [0, 0.1) is 0 Å². The molecule has 0 atom stereocenters. The van der Waals surface area contributed by atoms with Crippen LogP contribution < -0.4 is 10.5 Å². The number of ether oxygens (including phenoxy) is 1. The summed E-state index contributed by atoms with van der Waals surface area (Å²) in [4.78, 5) is 8.48. The largest absolute Gasteiger partial charge is 0.484 e. The van der Waals surface area contributed by atoms with Gasteiger partial charge in [-0.3, -0.25) is 4.98 Å². The molecule has 0 unspecified atom stereocenters. The average Bonchev–Trinajstić information content (AvgIpc) is 2.87. The highest BCUT2D eigenvalue weighted by atomic mass is 16.5. The molecule has 0 bridgehead atoms. The molecule has 0 aliphatic rings. The van der Waals surface area contributed by atoms with Gasteiger partial charge in [0.15, 0.2) is 6.61 Å². The van der Waals surface area contributed by atoms with E-state index in [0.717, 1.165) is 12.1 Å². The van der Waals surface area contributed by atoms with Gasteiger partial charge in [-0.1, -0.05) is 19.0 Å². The normalized spacial score (nSPS) is 10.9. The molecule has 2 aromatic rings. The van der Waals surface area contributed by atoms with Crippen LogP contribution in [-0.4, -0.2) is 21.7 Å². The molecule has 0 aromatic carbocycles. The van der Waals surface area contributed by atoms with Gasteiger partial charge in [0, 0.05) is 18.0 Å². The Labute approximate surface area is 112 Å². The summed E-state index contributed by atoms with van der Waals surface area (Å²) in [6.45, 7) is 4.86. The lowest BCUT2D eigenvalue weighted by molar-refractivity contribution is 0.283. The topological polar surface area (TPSA) is 87.1 Å². The number of aromatic nitrogens is 3. The van der Waals surface area contributed by atoms with E-state index >= 15 is 0 Å². The molecule has 2 aromatic heterocycles. The van der Waals surface area contributed by atoms with Gasteiger partial charge < -0.3 is 15.0 Å². The van der Waals surface area contributed by atoms with E-state index in [0.29, 0.717) is 24.0 Å². The van der Waals surface area contributed by atoms with Crippen LogP contribution in [0.5, 0.6) is 5.75 Å². The molecule has 19 heavy (non-hydrogen) atoms. The van der Waals surface area contributed by atoms with Gasteiger partial charge in [0.05, 0.1) is 6.20 Å². The van der Waals surface area contributed by atoms with Crippen molar-refractivity contribution in [1.29, 1.82) is 0 Å². The predicted octanol–water partition coefficient (Wildman–Crippen LogP) is 1.67. The van der Waals surface area contributed by atoms with E-state index in [9.17, 15) is 0 Å². The minimum atomic E-state index is 0.221. The highest BCUT2D eigenvalue weighted by molar-refractivity contribution is 5.20. The Kier molecular flexibility index (Phi) is 4.46. The van der Waals surface area contributed by atoms with E-state index in [1.807, 2.05) is 26.0 Å². The Hall–Kier alpha value is -1.95. The second-order valence-corrected chi connectivity index (χ2v) is 4.52. The third kappa shape index (κ3) is 3.75. The zero-order valence-corrected chi connectivity index (χ0v) is 11.2. The van der Waals surface area contributed by atoms with Crippen LogP contribution >= 0.6 is 0 Å². The number of hydrogen-bond acceptors (Lipinski definition) is 6. The van der Waals surface area contributed by atoms with Gasteiger partial charge >= 0.3 is 0 Å². The zero-order valence-electron chi connectivity index (χ0n) is 11.2. The molecule has 0 fully saturated rings. The third-order valence-corrected chi connectivity index (χ3v) is 2.54. The van der Waals surface area contributed by atoms with Gasteiger partial charge in [0.25, 0.3) is 0 Å². The first-order chi connectivity index (χ1) is 9.19. The van der Waals surface area contributed by atoms with Crippen molar-refractivity contribution in [1.82, 2.24) is 15.1 Å². The fourth-order valence-electron chi connectivity index (χ4n) is 1.50. The number of hydrogen-bond donors (Lipinski definition) is 1. The van der Waals surface area contributed by atoms with E-state index in [4.69, 9.17) is 15.0 Å². The Morgan fingerprint density at radius 2 is 2.21 bits per heavy atom. The van der Waals surface area contributed by atoms with Crippen LogP contribution in [0.15, 0.2) is 22.9 Å². The van der Waals surface area contributed by atoms with Crippen LogP contribution in [0.25, 0.3) is 0 Å². The molecule has 0 radical (unpaired) electrons. The monoisotopic (exact) mass is 262 g/mol. The molecule has 0 amide bonds. The fraction of sp³-hybridized carbons (Fsp3) is 0.462. The third-order valence-electron chi connectivity index (χ3n) is 2.54. The van der Waals surface area contributed by atoms with Crippen LogP contribution in [-0.2, 0) is 13.0 Å². The molecule has 102 valence electrons. The lowest BCUT2D eigenvalue weighted by Crippen LogP contribution is -2.04. The molecule has 2 rings (SSSR count). The zero-order chi connectivity index (χ0) is 13.7. The first-order valence-electron chi connectivity index (χ1n) is 6.29. The van der Waals surface area contributed by atoms with Crippen LogP contribution in [0.3, 0.4) is 0 Å². The van der Waals surface area contributed by atoms with Crippen molar-refractivity contribution in [2.45, 2.75) is 32.8 Å². The second kappa shape index (κ2) is 6.29. The molecular formula is C13H18N4O2. The quantitative estimate of drug-likeness (QED) is 0.852. The fourth-order valence-corrected chi connectivity index (χ4v) is 1.50. The van der Waals surface area contributed by atoms with Gasteiger partial charge in [-0.15, -0.1) is 0 Å². The van der Waals surface area contributed by atoms with Gasteiger partial charge in [0.1, 0.15) is 5.75 Å². The van der Waals surface area contributed by atoms with Crippen LogP contribution in [0.1, 0.15) is 37.2 Å². The molecule has 6 heteroatoms. The lowest BCUT2D eigenvalue weighted by Gasteiger charge is -2.03. The molecular weight excluding hydrogens is 244 g/mol. The molecule has 0 aliphatic carbocycles. The standard InChI is InChI=1S/C13H18N4O2/c1-9(2)13-16-12(17-19-13)8-18-11-4-3-10(5-6-14)15-7-11/h3-4,7,9H,5-6,8,14H2,1-2H3. The van der Waals surface area contributed by atoms with E-state index in [1.165, 1.54) is 0 Å². The van der Waals surface area contributed by atoms with Gasteiger partial charge in [0.2, 0.25) is 11.7 Å². The molecule has 2 N–H and O–H groups in total. The summed E-state index contributed by atoms with van der Waals surface area (Å²) in [5.74, 6) is 2.06. The highest BCUT2D eigenvalue weighted by Gasteiger charge is 2.10. The first-order valence-corrected chi connectivity index (χ1v) is 6.29. The van der Waals surface area contributed by atoms with Crippen molar-refractivity contribution >= 4 is 0 Å². The minimum absolute atomic E-state index is 0.221. The Morgan fingerprint density at radius 3 is 2.79 bits per heavy atom. The van der Waals surface area contributed by atoms with E-state index in [1.54, 1.807) is 6.20 Å². The summed E-state index contributed by atoms with van der Waals surface area (Å²) in [6.07, 6.45) is 2.44. The molecule has 6 nitrogen and oxygen atoms in total. The average molecular weight is 262 g/mol. The molecule has 0 aliphatic heterocycles. The van der Waals surface area contributed by atoms with Crippen LogP contribution in [0.4, 0.5) is 0 Å². The van der Waals surface area contributed by atoms with Crippen LogP contribution in [0.2, 0.25) is 0 Å². The summed E-state index contributed by atoms with van der Waals surface area (Å²) >= 11 is 0. The number of rotatable bonds is 6. The van der Waals surface area contributed by atoms with Gasteiger partial charge in [-0.05, 0) is 18.7 Å². The Balaban J connectivity index is 1.90. The SMILES string of the molecule is CC(C)c1nc(COc2ccc(CCN)nc2)no1. The maximum atomic E-state index is 5.54. The van der Waals surface area contributed by atoms with Crippen molar-refractivity contribution in [2.75, 3.05) is 6.54 Å². The Morgan fingerprint density at radius 1 is 1.37 bits per heavy atom. The van der Waals surface area contributed by atoms with Crippen molar-refractivity contribution in [3.63, 3.8) is 0 Å². The second-order valence-electron chi connectivity index (χ2n) is 4.52. The number of nitrogens with two attached hydrogens (primary N) is 1. The lowest BCUT2D eigenvalue weighted by atomic mass is 10.2. The van der Waals surface area contributed by atoms with E-state index < -0.39 is 0 Å². The Bertz CT molecular complexity index is 508. The summed E-state index contributed by atoms with van der Waals surface area (Å²) < 4.78 is 10.6. The number of nitrogens with zero attached hydrogens (tertiary/aromatic N) is 3. The highest BCUT2D eigenvalue weighted by Crippen LogP contribution is 2.13. The van der Waals surface area contributed by atoms with Gasteiger partial charge in [-0.25, -0.2) is 0 Å². The summed E-state index contributed by atoms with van der Waals surface area (Å²) in [7, 11) is 0. The van der Waals surface area contributed by atoms with Crippen molar-refractivity contribution < 1.29 is 9.26 Å².